The highest BCUT2D eigenvalue weighted by Gasteiger charge is 2.12. The smallest absolute Gasteiger partial charge is 0.338 e. The van der Waals surface area contributed by atoms with Crippen molar-refractivity contribution in [1.29, 1.82) is 0 Å². The molecule has 0 saturated carbocycles. The van der Waals surface area contributed by atoms with Crippen molar-refractivity contribution in [2.45, 2.75) is 19.4 Å². The number of aliphatic hydroxyl groups is 1. The Kier molecular flexibility index (Phi) is 6.46. The van der Waals surface area contributed by atoms with Crippen LogP contribution in [-0.2, 0) is 20.7 Å². The van der Waals surface area contributed by atoms with Crippen molar-refractivity contribution >= 4 is 11.9 Å². The molecule has 0 fully saturated rings. The second-order valence-electron chi connectivity index (χ2n) is 4.14. The van der Waals surface area contributed by atoms with Gasteiger partial charge in [-0.25, -0.2) is 9.59 Å². The Morgan fingerprint density at radius 2 is 1.85 bits per heavy atom. The van der Waals surface area contributed by atoms with E-state index >= 15 is 0 Å². The Labute approximate surface area is 117 Å². The minimum atomic E-state index is -1.06. The average molecular weight is 278 g/mol. The summed E-state index contributed by atoms with van der Waals surface area (Å²) in [5, 5.41) is 9.48. The maximum atomic E-state index is 11.7. The zero-order chi connectivity index (χ0) is 15.0. The van der Waals surface area contributed by atoms with E-state index in [0.717, 1.165) is 18.1 Å². The second kappa shape index (κ2) is 8.12. The Balaban J connectivity index is 2.38. The van der Waals surface area contributed by atoms with Gasteiger partial charge in [-0.15, -0.1) is 0 Å². The van der Waals surface area contributed by atoms with Crippen LogP contribution in [0.5, 0.6) is 0 Å². The van der Waals surface area contributed by atoms with Crippen molar-refractivity contribution in [1.82, 2.24) is 0 Å². The fourth-order valence-corrected chi connectivity index (χ4v) is 1.42. The number of carbonyl (C=O) groups is 2. The highest BCUT2D eigenvalue weighted by molar-refractivity contribution is 5.89. The summed E-state index contributed by atoms with van der Waals surface area (Å²) in [5.41, 5.74) is 1.54. The average Bonchev–Trinajstić information content (AvgIpc) is 2.50. The number of carbonyl (C=O) groups excluding carboxylic acids is 2. The minimum Gasteiger partial charge on any atom is -0.460 e. The molecule has 1 N–H and O–H groups in total. The Morgan fingerprint density at radius 1 is 1.25 bits per heavy atom. The summed E-state index contributed by atoms with van der Waals surface area (Å²) in [4.78, 5) is 22.5. The molecule has 0 saturated heterocycles. The molecule has 1 atom stereocenters. The van der Waals surface area contributed by atoms with E-state index in [-0.39, 0.29) is 13.2 Å². The number of esters is 2. The number of hydrogen-bond donors (Lipinski definition) is 1. The summed E-state index contributed by atoms with van der Waals surface area (Å²) in [6.07, 6.45) is 0.828. The van der Waals surface area contributed by atoms with Gasteiger partial charge in [0, 0.05) is 6.08 Å². The van der Waals surface area contributed by atoms with Gasteiger partial charge in [-0.05, 0) is 24.1 Å². The number of hydrogen-bond acceptors (Lipinski definition) is 5. The standard InChI is InChI=1S/C15H18O5/c1-3-11-5-7-12(8-6-11)15(18)20-10-13(16)9-19-14(17)4-2/h4-8,13,16H,2-3,9-10H2,1H3. The summed E-state index contributed by atoms with van der Waals surface area (Å²) in [6.45, 7) is 4.77. The lowest BCUT2D eigenvalue weighted by molar-refractivity contribution is -0.141. The van der Waals surface area contributed by atoms with Crippen molar-refractivity contribution in [2.24, 2.45) is 0 Å². The van der Waals surface area contributed by atoms with E-state index < -0.39 is 18.0 Å². The maximum absolute atomic E-state index is 11.7. The highest BCUT2D eigenvalue weighted by Crippen LogP contribution is 2.06. The lowest BCUT2D eigenvalue weighted by atomic mass is 10.1. The van der Waals surface area contributed by atoms with Crippen molar-refractivity contribution in [3.05, 3.63) is 48.0 Å². The molecule has 0 aliphatic rings. The molecule has 108 valence electrons. The van der Waals surface area contributed by atoms with E-state index in [0.29, 0.717) is 5.56 Å². The first-order chi connectivity index (χ1) is 9.56. The van der Waals surface area contributed by atoms with Gasteiger partial charge in [-0.3, -0.25) is 0 Å². The van der Waals surface area contributed by atoms with Crippen LogP contribution >= 0.6 is 0 Å². The summed E-state index contributed by atoms with van der Waals surface area (Å²) >= 11 is 0. The second-order valence-corrected chi connectivity index (χ2v) is 4.14. The van der Waals surface area contributed by atoms with Gasteiger partial charge in [0.1, 0.15) is 19.3 Å². The van der Waals surface area contributed by atoms with Crippen molar-refractivity contribution < 1.29 is 24.2 Å². The van der Waals surface area contributed by atoms with Crippen LogP contribution in [-0.4, -0.2) is 36.4 Å². The topological polar surface area (TPSA) is 72.8 Å². The molecule has 0 amide bonds. The van der Waals surface area contributed by atoms with Crippen molar-refractivity contribution in [2.75, 3.05) is 13.2 Å². The monoisotopic (exact) mass is 278 g/mol. The summed E-state index contributed by atoms with van der Waals surface area (Å²) in [5.74, 6) is -1.16. The zero-order valence-electron chi connectivity index (χ0n) is 11.4. The normalized spacial score (nSPS) is 11.5. The van der Waals surface area contributed by atoms with Gasteiger partial charge >= 0.3 is 11.9 Å². The van der Waals surface area contributed by atoms with E-state index in [1.807, 2.05) is 19.1 Å². The van der Waals surface area contributed by atoms with E-state index in [4.69, 9.17) is 4.74 Å². The number of aliphatic hydroxyl groups excluding tert-OH is 1. The molecule has 1 aromatic carbocycles. The van der Waals surface area contributed by atoms with Crippen LogP contribution in [0.4, 0.5) is 0 Å². The van der Waals surface area contributed by atoms with Gasteiger partial charge in [-0.2, -0.15) is 0 Å². The summed E-state index contributed by atoms with van der Waals surface area (Å²) in [6, 6.07) is 7.04. The zero-order valence-corrected chi connectivity index (χ0v) is 11.4. The van der Waals surface area contributed by atoms with E-state index in [9.17, 15) is 14.7 Å². The Hall–Kier alpha value is -2.14. The summed E-state index contributed by atoms with van der Waals surface area (Å²) < 4.78 is 9.55. The lowest BCUT2D eigenvalue weighted by Gasteiger charge is -2.11. The molecule has 5 heteroatoms. The predicted molar refractivity (Wildman–Crippen MR) is 73.3 cm³/mol. The molecular weight excluding hydrogens is 260 g/mol. The van der Waals surface area contributed by atoms with Crippen LogP contribution in [0.3, 0.4) is 0 Å². The van der Waals surface area contributed by atoms with Crippen LogP contribution in [0.15, 0.2) is 36.9 Å². The van der Waals surface area contributed by atoms with Gasteiger partial charge < -0.3 is 14.6 Å². The maximum Gasteiger partial charge on any atom is 0.338 e. The number of benzene rings is 1. The molecule has 0 bridgehead atoms. The molecule has 0 aliphatic heterocycles. The third kappa shape index (κ3) is 5.24. The van der Waals surface area contributed by atoms with E-state index in [2.05, 4.69) is 11.3 Å². The summed E-state index contributed by atoms with van der Waals surface area (Å²) in [7, 11) is 0. The van der Waals surface area contributed by atoms with Gasteiger partial charge in [-0.1, -0.05) is 25.6 Å². The third-order valence-electron chi connectivity index (χ3n) is 2.59. The van der Waals surface area contributed by atoms with Crippen LogP contribution < -0.4 is 0 Å². The van der Waals surface area contributed by atoms with Gasteiger partial charge in [0.15, 0.2) is 0 Å². The Bertz CT molecular complexity index is 464. The van der Waals surface area contributed by atoms with Crippen LogP contribution in [0, 0.1) is 0 Å². The third-order valence-corrected chi connectivity index (χ3v) is 2.59. The predicted octanol–water partition coefficient (Wildman–Crippen LogP) is 1.50. The van der Waals surface area contributed by atoms with Crippen LogP contribution in [0.1, 0.15) is 22.8 Å². The van der Waals surface area contributed by atoms with Gasteiger partial charge in [0.05, 0.1) is 5.56 Å². The molecule has 5 nitrogen and oxygen atoms in total. The number of aryl methyl sites for hydroxylation is 1. The molecular formula is C15H18O5. The molecule has 0 spiro atoms. The molecule has 20 heavy (non-hydrogen) atoms. The van der Waals surface area contributed by atoms with Gasteiger partial charge in [0.2, 0.25) is 0 Å². The first-order valence-electron chi connectivity index (χ1n) is 6.30. The largest absolute Gasteiger partial charge is 0.460 e. The molecule has 0 aromatic heterocycles. The molecule has 1 rings (SSSR count). The van der Waals surface area contributed by atoms with E-state index in [1.54, 1.807) is 12.1 Å². The number of ether oxygens (including phenoxy) is 2. The van der Waals surface area contributed by atoms with Crippen LogP contribution in [0.2, 0.25) is 0 Å². The molecule has 0 heterocycles. The first kappa shape index (κ1) is 15.9. The fourth-order valence-electron chi connectivity index (χ4n) is 1.42. The number of rotatable bonds is 7. The SMILES string of the molecule is C=CC(=O)OCC(O)COC(=O)c1ccc(CC)cc1. The van der Waals surface area contributed by atoms with E-state index in [1.165, 1.54) is 0 Å². The fraction of sp³-hybridized carbons (Fsp3) is 0.333. The first-order valence-corrected chi connectivity index (χ1v) is 6.30. The molecule has 0 aliphatic carbocycles. The molecule has 1 aromatic rings. The molecule has 0 radical (unpaired) electrons. The van der Waals surface area contributed by atoms with Crippen LogP contribution in [0.25, 0.3) is 0 Å². The quantitative estimate of drug-likeness (QED) is 0.604. The molecule has 1 unspecified atom stereocenters. The van der Waals surface area contributed by atoms with Gasteiger partial charge in [0.25, 0.3) is 0 Å². The Morgan fingerprint density at radius 3 is 2.40 bits per heavy atom. The lowest BCUT2D eigenvalue weighted by Crippen LogP contribution is -2.25. The minimum absolute atomic E-state index is 0.237. The van der Waals surface area contributed by atoms with Crippen molar-refractivity contribution in [3.63, 3.8) is 0 Å². The highest BCUT2D eigenvalue weighted by atomic mass is 16.6. The van der Waals surface area contributed by atoms with Crippen molar-refractivity contribution in [3.8, 4) is 0 Å².